The third-order valence-corrected chi connectivity index (χ3v) is 3.45. The summed E-state index contributed by atoms with van der Waals surface area (Å²) in [6.45, 7) is 0. The highest BCUT2D eigenvalue weighted by atomic mass is 35.5. The summed E-state index contributed by atoms with van der Waals surface area (Å²) >= 11 is 12.5. The molecule has 0 fully saturated rings. The Bertz CT molecular complexity index is 602. The first-order valence-electron chi connectivity index (χ1n) is 5.03. The van der Waals surface area contributed by atoms with Crippen molar-refractivity contribution in [3.8, 4) is 0 Å². The van der Waals surface area contributed by atoms with Gasteiger partial charge in [0, 0.05) is 9.92 Å². The molecule has 100 valence electrons. The quantitative estimate of drug-likeness (QED) is 0.671. The van der Waals surface area contributed by atoms with Crippen LogP contribution in [0.1, 0.15) is 5.56 Å². The molecular formula is C12H6Cl2F3NS. The first-order valence-corrected chi connectivity index (χ1v) is 6.60. The van der Waals surface area contributed by atoms with Crippen molar-refractivity contribution in [2.75, 3.05) is 0 Å². The van der Waals surface area contributed by atoms with Gasteiger partial charge in [-0.1, -0.05) is 41.0 Å². The molecule has 0 aliphatic rings. The van der Waals surface area contributed by atoms with E-state index in [1.807, 2.05) is 0 Å². The van der Waals surface area contributed by atoms with Crippen molar-refractivity contribution < 1.29 is 13.2 Å². The van der Waals surface area contributed by atoms with E-state index in [-0.39, 0.29) is 10.2 Å². The molecule has 0 atom stereocenters. The molecule has 0 amide bonds. The molecule has 0 bridgehead atoms. The topological polar surface area (TPSA) is 12.9 Å². The summed E-state index contributed by atoms with van der Waals surface area (Å²) in [4.78, 5) is 4.55. The Hall–Kier alpha value is -0.910. The zero-order valence-electron chi connectivity index (χ0n) is 9.21. The van der Waals surface area contributed by atoms with Gasteiger partial charge in [0.1, 0.15) is 10.2 Å². The van der Waals surface area contributed by atoms with Crippen LogP contribution in [0.2, 0.25) is 10.2 Å². The van der Waals surface area contributed by atoms with Crippen molar-refractivity contribution >= 4 is 35.0 Å². The van der Waals surface area contributed by atoms with E-state index in [0.717, 1.165) is 23.9 Å². The lowest BCUT2D eigenvalue weighted by Crippen LogP contribution is -2.05. The third kappa shape index (κ3) is 4.03. The van der Waals surface area contributed by atoms with Crippen LogP contribution in [0.3, 0.4) is 0 Å². The van der Waals surface area contributed by atoms with Crippen molar-refractivity contribution in [3.63, 3.8) is 0 Å². The summed E-state index contributed by atoms with van der Waals surface area (Å²) in [5.74, 6) is 0. The van der Waals surface area contributed by atoms with Gasteiger partial charge in [0.2, 0.25) is 0 Å². The highest BCUT2D eigenvalue weighted by Crippen LogP contribution is 2.35. The SMILES string of the molecule is FC(F)(F)c1cc(Cl)nc(Sc2cccc(Cl)c2)c1. The van der Waals surface area contributed by atoms with Crippen molar-refractivity contribution in [1.82, 2.24) is 4.98 Å². The van der Waals surface area contributed by atoms with Crippen LogP contribution in [-0.2, 0) is 6.18 Å². The molecule has 19 heavy (non-hydrogen) atoms. The van der Waals surface area contributed by atoms with E-state index in [2.05, 4.69) is 4.98 Å². The molecular weight excluding hydrogens is 318 g/mol. The second-order valence-corrected chi connectivity index (χ2v) is 5.49. The minimum absolute atomic E-state index is 0.169. The molecule has 0 N–H and O–H groups in total. The van der Waals surface area contributed by atoms with E-state index in [9.17, 15) is 13.2 Å². The van der Waals surface area contributed by atoms with Crippen molar-refractivity contribution in [3.05, 3.63) is 52.1 Å². The summed E-state index contributed by atoms with van der Waals surface area (Å²) < 4.78 is 37.9. The summed E-state index contributed by atoms with van der Waals surface area (Å²) in [7, 11) is 0. The average molecular weight is 324 g/mol. The maximum atomic E-state index is 12.6. The number of benzene rings is 1. The first-order chi connectivity index (χ1) is 8.84. The van der Waals surface area contributed by atoms with E-state index in [1.165, 1.54) is 0 Å². The Labute approximate surface area is 121 Å². The van der Waals surface area contributed by atoms with E-state index >= 15 is 0 Å². The van der Waals surface area contributed by atoms with Crippen LogP contribution < -0.4 is 0 Å². The number of alkyl halides is 3. The van der Waals surface area contributed by atoms with Gasteiger partial charge in [-0.05, 0) is 30.3 Å². The van der Waals surface area contributed by atoms with Crippen LogP contribution in [0.4, 0.5) is 13.2 Å². The lowest BCUT2D eigenvalue weighted by atomic mass is 10.3. The van der Waals surface area contributed by atoms with Gasteiger partial charge >= 0.3 is 6.18 Å². The minimum Gasteiger partial charge on any atom is -0.229 e. The van der Waals surface area contributed by atoms with Crippen molar-refractivity contribution in [2.24, 2.45) is 0 Å². The summed E-state index contributed by atoms with van der Waals surface area (Å²) in [6.07, 6.45) is -4.45. The molecule has 1 heterocycles. The molecule has 7 heteroatoms. The second kappa shape index (κ2) is 5.61. The number of halogens is 5. The Kier molecular flexibility index (Phi) is 4.28. The summed E-state index contributed by atoms with van der Waals surface area (Å²) in [6, 6.07) is 8.51. The minimum atomic E-state index is -4.45. The van der Waals surface area contributed by atoms with Crippen LogP contribution in [0, 0.1) is 0 Å². The van der Waals surface area contributed by atoms with Crippen LogP contribution in [0.25, 0.3) is 0 Å². The van der Waals surface area contributed by atoms with Gasteiger partial charge in [-0.15, -0.1) is 0 Å². The molecule has 1 nitrogen and oxygen atoms in total. The number of pyridine rings is 1. The highest BCUT2D eigenvalue weighted by molar-refractivity contribution is 7.99. The number of aromatic nitrogens is 1. The fourth-order valence-corrected chi connectivity index (χ4v) is 2.76. The van der Waals surface area contributed by atoms with Gasteiger partial charge < -0.3 is 0 Å². The molecule has 0 saturated carbocycles. The van der Waals surface area contributed by atoms with Crippen LogP contribution in [0.5, 0.6) is 0 Å². The van der Waals surface area contributed by atoms with Gasteiger partial charge in [0.15, 0.2) is 0 Å². The zero-order chi connectivity index (χ0) is 14.0. The molecule has 0 aliphatic heterocycles. The normalized spacial score (nSPS) is 11.6. The molecule has 1 aromatic carbocycles. The fourth-order valence-electron chi connectivity index (χ4n) is 1.34. The first kappa shape index (κ1) is 14.5. The number of hydrogen-bond donors (Lipinski definition) is 0. The van der Waals surface area contributed by atoms with E-state index in [4.69, 9.17) is 23.2 Å². The van der Waals surface area contributed by atoms with Gasteiger partial charge in [-0.2, -0.15) is 13.2 Å². The smallest absolute Gasteiger partial charge is 0.229 e. The lowest BCUT2D eigenvalue weighted by Gasteiger charge is -2.09. The molecule has 0 radical (unpaired) electrons. The molecule has 1 aromatic heterocycles. The van der Waals surface area contributed by atoms with Crippen LogP contribution >= 0.6 is 35.0 Å². The maximum absolute atomic E-state index is 12.6. The average Bonchev–Trinajstić information content (AvgIpc) is 2.26. The van der Waals surface area contributed by atoms with E-state index in [1.54, 1.807) is 24.3 Å². The van der Waals surface area contributed by atoms with Crippen molar-refractivity contribution in [1.29, 1.82) is 0 Å². The molecule has 2 aromatic rings. The monoisotopic (exact) mass is 323 g/mol. The Morgan fingerprint density at radius 2 is 1.79 bits per heavy atom. The number of hydrogen-bond acceptors (Lipinski definition) is 2. The number of nitrogens with zero attached hydrogens (tertiary/aromatic N) is 1. The van der Waals surface area contributed by atoms with E-state index < -0.39 is 11.7 Å². The predicted molar refractivity (Wildman–Crippen MR) is 69.8 cm³/mol. The molecule has 0 unspecified atom stereocenters. The zero-order valence-corrected chi connectivity index (χ0v) is 11.5. The summed E-state index contributed by atoms with van der Waals surface area (Å²) in [5, 5.41) is 0.476. The van der Waals surface area contributed by atoms with Gasteiger partial charge in [0.05, 0.1) is 5.56 Å². The van der Waals surface area contributed by atoms with Crippen LogP contribution in [-0.4, -0.2) is 4.98 Å². The lowest BCUT2D eigenvalue weighted by molar-refractivity contribution is -0.137. The molecule has 0 saturated heterocycles. The maximum Gasteiger partial charge on any atom is 0.416 e. The number of rotatable bonds is 2. The molecule has 0 spiro atoms. The Morgan fingerprint density at radius 3 is 2.42 bits per heavy atom. The van der Waals surface area contributed by atoms with E-state index in [0.29, 0.717) is 9.92 Å². The second-order valence-electron chi connectivity index (χ2n) is 3.57. The largest absolute Gasteiger partial charge is 0.416 e. The highest BCUT2D eigenvalue weighted by Gasteiger charge is 2.31. The Morgan fingerprint density at radius 1 is 1.05 bits per heavy atom. The third-order valence-electron chi connectivity index (χ3n) is 2.12. The summed E-state index contributed by atoms with van der Waals surface area (Å²) in [5.41, 5.74) is -0.822. The Balaban J connectivity index is 2.33. The molecule has 2 rings (SSSR count). The molecule has 0 aliphatic carbocycles. The van der Waals surface area contributed by atoms with Gasteiger partial charge in [-0.25, -0.2) is 4.98 Å². The van der Waals surface area contributed by atoms with Gasteiger partial charge in [-0.3, -0.25) is 0 Å². The van der Waals surface area contributed by atoms with Crippen molar-refractivity contribution in [2.45, 2.75) is 16.1 Å². The van der Waals surface area contributed by atoms with Crippen LogP contribution in [0.15, 0.2) is 46.3 Å². The standard InChI is InChI=1S/C12H6Cl2F3NS/c13-8-2-1-3-9(6-8)19-11-5-7(12(15,16)17)4-10(14)18-11/h1-6H. The predicted octanol–water partition coefficient (Wildman–Crippen LogP) is 5.56. The van der Waals surface area contributed by atoms with Gasteiger partial charge in [0.25, 0.3) is 0 Å². The fraction of sp³-hybridized carbons (Fsp3) is 0.0833.